The highest BCUT2D eigenvalue weighted by molar-refractivity contribution is 5.86. The Hall–Kier alpha value is -2.68. The van der Waals surface area contributed by atoms with Gasteiger partial charge < -0.3 is 19.6 Å². The van der Waals surface area contributed by atoms with Crippen LogP contribution in [0.1, 0.15) is 38.2 Å². The second-order valence-electron chi connectivity index (χ2n) is 9.40. The van der Waals surface area contributed by atoms with E-state index in [1.54, 1.807) is 6.92 Å². The summed E-state index contributed by atoms with van der Waals surface area (Å²) in [7, 11) is 0. The summed E-state index contributed by atoms with van der Waals surface area (Å²) in [6.07, 6.45) is -0.307. The van der Waals surface area contributed by atoms with Crippen LogP contribution in [0.25, 0.3) is 0 Å². The molecule has 1 aromatic carbocycles. The van der Waals surface area contributed by atoms with Crippen LogP contribution in [-0.2, 0) is 20.9 Å². The van der Waals surface area contributed by atoms with Crippen LogP contribution in [0.15, 0.2) is 30.3 Å². The van der Waals surface area contributed by atoms with Gasteiger partial charge >= 0.3 is 6.09 Å². The van der Waals surface area contributed by atoms with Gasteiger partial charge in [0.1, 0.15) is 12.6 Å². The number of carbonyl (C=O) groups is 3. The molecule has 3 amide bonds. The average Bonchev–Trinajstić information content (AvgIpc) is 3.61. The van der Waals surface area contributed by atoms with Crippen LogP contribution >= 0.6 is 0 Å². The molecule has 1 N–H and O–H groups in total. The van der Waals surface area contributed by atoms with Crippen molar-refractivity contribution in [2.75, 3.05) is 32.7 Å². The number of piperidine rings is 1. The van der Waals surface area contributed by atoms with Crippen molar-refractivity contribution >= 4 is 17.9 Å². The number of β-amino-alcohol motifs (C(OH)–C–C–N with tert-alkyl or cyclic N) is 1. The van der Waals surface area contributed by atoms with E-state index < -0.39 is 30.3 Å². The third kappa shape index (κ3) is 5.13. The van der Waals surface area contributed by atoms with Gasteiger partial charge in [-0.05, 0) is 37.2 Å². The predicted octanol–water partition coefficient (Wildman–Crippen LogP) is 1.96. The first-order valence-corrected chi connectivity index (χ1v) is 11.7. The highest BCUT2D eigenvalue weighted by Crippen LogP contribution is 2.53. The van der Waals surface area contributed by atoms with Gasteiger partial charge in [0.2, 0.25) is 5.91 Å². The van der Waals surface area contributed by atoms with E-state index in [2.05, 4.69) is 0 Å². The topological polar surface area (TPSA) is 90.4 Å². The molecular formula is C24H32FN3O5. The second-order valence-corrected chi connectivity index (χ2v) is 9.40. The molecule has 8 nitrogen and oxygen atoms in total. The molecule has 3 atom stereocenters. The number of hydrogen-bond donors (Lipinski definition) is 1. The summed E-state index contributed by atoms with van der Waals surface area (Å²) in [4.78, 5) is 42.0. The van der Waals surface area contributed by atoms with Crippen LogP contribution in [0.3, 0.4) is 0 Å². The Morgan fingerprint density at radius 1 is 1.18 bits per heavy atom. The largest absolute Gasteiger partial charge is 0.445 e. The number of piperazine rings is 1. The minimum Gasteiger partial charge on any atom is -0.445 e. The normalized spacial score (nSPS) is 25.2. The molecule has 3 aliphatic rings. The van der Waals surface area contributed by atoms with E-state index in [0.29, 0.717) is 13.0 Å². The van der Waals surface area contributed by atoms with E-state index in [-0.39, 0.29) is 50.5 Å². The fraction of sp³-hybridized carbons (Fsp3) is 0.625. The second kappa shape index (κ2) is 9.67. The Kier molecular flexibility index (Phi) is 6.88. The first kappa shape index (κ1) is 23.5. The standard InChI is InChI=1S/C24H32FN3O5/c1-17-21(30)26(13-14-28(17)23(32)33-16-18-5-3-2-4-6-18)11-7-19(25)22(31)27-12-10-24(8-9-24)20(29)15-27/h2-6,17,19-20,29H,7-16H2,1H3/t17-,19?,20+/m0/s1. The molecule has 180 valence electrons. The zero-order valence-electron chi connectivity index (χ0n) is 19.0. The maximum atomic E-state index is 14.7. The lowest BCUT2D eigenvalue weighted by molar-refractivity contribution is -0.144. The molecule has 9 heteroatoms. The fourth-order valence-electron chi connectivity index (χ4n) is 4.76. The predicted molar refractivity (Wildman–Crippen MR) is 118 cm³/mol. The summed E-state index contributed by atoms with van der Waals surface area (Å²) in [6, 6.07) is 8.57. The lowest BCUT2D eigenvalue weighted by atomic mass is 9.90. The van der Waals surface area contributed by atoms with Gasteiger partial charge in [0.15, 0.2) is 6.17 Å². The monoisotopic (exact) mass is 461 g/mol. The van der Waals surface area contributed by atoms with Crippen molar-refractivity contribution in [2.24, 2.45) is 5.41 Å². The number of aliphatic hydroxyl groups excluding tert-OH is 1. The van der Waals surface area contributed by atoms with Crippen molar-refractivity contribution in [3.8, 4) is 0 Å². The number of ether oxygens (including phenoxy) is 1. The molecule has 4 rings (SSSR count). The summed E-state index contributed by atoms with van der Waals surface area (Å²) in [5.74, 6) is -0.908. The number of likely N-dealkylation sites (tertiary alicyclic amines) is 1. The van der Waals surface area contributed by atoms with E-state index in [9.17, 15) is 23.9 Å². The highest BCUT2D eigenvalue weighted by atomic mass is 19.1. The van der Waals surface area contributed by atoms with Crippen molar-refractivity contribution in [1.29, 1.82) is 0 Å². The lowest BCUT2D eigenvalue weighted by Gasteiger charge is -2.39. The molecule has 0 bridgehead atoms. The molecule has 1 unspecified atom stereocenters. The van der Waals surface area contributed by atoms with Gasteiger partial charge in [-0.1, -0.05) is 30.3 Å². The van der Waals surface area contributed by atoms with Crippen LogP contribution in [0.4, 0.5) is 9.18 Å². The molecule has 1 aromatic rings. The van der Waals surface area contributed by atoms with Crippen LogP contribution in [-0.4, -0.2) is 88.8 Å². The summed E-state index contributed by atoms with van der Waals surface area (Å²) in [6.45, 7) is 3.04. The van der Waals surface area contributed by atoms with Gasteiger partial charge in [0.25, 0.3) is 5.91 Å². The molecule has 0 aromatic heterocycles. The quantitative estimate of drug-likeness (QED) is 0.700. The van der Waals surface area contributed by atoms with E-state index >= 15 is 0 Å². The Bertz CT molecular complexity index is 878. The van der Waals surface area contributed by atoms with Crippen LogP contribution in [0.2, 0.25) is 0 Å². The molecule has 1 spiro atoms. The number of benzene rings is 1. The Labute approximate surface area is 193 Å². The van der Waals surface area contributed by atoms with E-state index in [4.69, 9.17) is 4.74 Å². The molecule has 1 saturated carbocycles. The zero-order chi connectivity index (χ0) is 23.6. The third-order valence-corrected chi connectivity index (χ3v) is 7.29. The molecule has 2 heterocycles. The van der Waals surface area contributed by atoms with Gasteiger partial charge in [-0.25, -0.2) is 9.18 Å². The number of amides is 3. The summed E-state index contributed by atoms with van der Waals surface area (Å²) < 4.78 is 20.0. The molecule has 0 radical (unpaired) electrons. The van der Waals surface area contributed by atoms with Crippen LogP contribution in [0, 0.1) is 5.41 Å². The highest BCUT2D eigenvalue weighted by Gasteiger charge is 2.52. The van der Waals surface area contributed by atoms with Gasteiger partial charge in [-0.3, -0.25) is 14.5 Å². The van der Waals surface area contributed by atoms with Gasteiger partial charge in [-0.15, -0.1) is 0 Å². The van der Waals surface area contributed by atoms with E-state index in [1.165, 1.54) is 14.7 Å². The number of hydrogen-bond acceptors (Lipinski definition) is 5. The Balaban J connectivity index is 1.22. The number of rotatable bonds is 6. The molecule has 33 heavy (non-hydrogen) atoms. The van der Waals surface area contributed by atoms with Gasteiger partial charge in [-0.2, -0.15) is 0 Å². The Morgan fingerprint density at radius 2 is 1.91 bits per heavy atom. The molecular weight excluding hydrogens is 429 g/mol. The number of halogens is 1. The van der Waals surface area contributed by atoms with Crippen LogP contribution < -0.4 is 0 Å². The number of carbonyl (C=O) groups excluding carboxylic acids is 3. The van der Waals surface area contributed by atoms with Gasteiger partial charge in [0.05, 0.1) is 6.10 Å². The first-order valence-electron chi connectivity index (χ1n) is 11.7. The average molecular weight is 462 g/mol. The minimum atomic E-state index is -1.72. The number of alkyl halides is 1. The van der Waals surface area contributed by atoms with Crippen molar-refractivity contribution < 1.29 is 28.6 Å². The van der Waals surface area contributed by atoms with E-state index in [0.717, 1.165) is 18.4 Å². The molecule has 3 fully saturated rings. The Morgan fingerprint density at radius 3 is 2.58 bits per heavy atom. The van der Waals surface area contributed by atoms with Crippen molar-refractivity contribution in [3.63, 3.8) is 0 Å². The minimum absolute atomic E-state index is 0.0485. The third-order valence-electron chi connectivity index (χ3n) is 7.29. The van der Waals surface area contributed by atoms with Crippen molar-refractivity contribution in [1.82, 2.24) is 14.7 Å². The maximum absolute atomic E-state index is 14.7. The number of nitrogens with zero attached hydrogens (tertiary/aromatic N) is 3. The molecule has 2 saturated heterocycles. The fourth-order valence-corrected chi connectivity index (χ4v) is 4.76. The van der Waals surface area contributed by atoms with E-state index in [1.807, 2.05) is 30.3 Å². The summed E-state index contributed by atoms with van der Waals surface area (Å²) in [5, 5.41) is 10.3. The zero-order valence-corrected chi connectivity index (χ0v) is 19.0. The van der Waals surface area contributed by atoms with Crippen molar-refractivity contribution in [2.45, 2.75) is 57.5 Å². The first-order chi connectivity index (χ1) is 15.8. The summed E-state index contributed by atoms with van der Waals surface area (Å²) >= 11 is 0. The lowest BCUT2D eigenvalue weighted by Crippen LogP contribution is -2.58. The molecule has 1 aliphatic carbocycles. The van der Waals surface area contributed by atoms with Crippen molar-refractivity contribution in [3.05, 3.63) is 35.9 Å². The van der Waals surface area contributed by atoms with Crippen LogP contribution in [0.5, 0.6) is 0 Å². The summed E-state index contributed by atoms with van der Waals surface area (Å²) in [5.41, 5.74) is 0.809. The van der Waals surface area contributed by atoms with Gasteiger partial charge in [0, 0.05) is 39.1 Å². The maximum Gasteiger partial charge on any atom is 0.410 e. The smallest absolute Gasteiger partial charge is 0.410 e. The SMILES string of the molecule is C[C@H]1C(=O)N(CCC(F)C(=O)N2CCC3(CC3)[C@H](O)C2)CCN1C(=O)OCc1ccccc1. The number of aliphatic hydroxyl groups is 1. The molecule has 2 aliphatic heterocycles.